The summed E-state index contributed by atoms with van der Waals surface area (Å²) in [7, 11) is 0. The Morgan fingerprint density at radius 1 is 1.33 bits per heavy atom. The van der Waals surface area contributed by atoms with E-state index < -0.39 is 0 Å². The van der Waals surface area contributed by atoms with E-state index in [4.69, 9.17) is 4.42 Å². The lowest BCUT2D eigenvalue weighted by molar-refractivity contribution is 0.172. The third-order valence-corrected chi connectivity index (χ3v) is 3.99. The molecule has 0 aliphatic carbocycles. The second-order valence-corrected chi connectivity index (χ2v) is 5.78. The fourth-order valence-electron chi connectivity index (χ4n) is 2.63. The highest BCUT2D eigenvalue weighted by atomic mass is 16.3. The van der Waals surface area contributed by atoms with Gasteiger partial charge >= 0.3 is 0 Å². The number of aryl methyl sites for hydroxylation is 1. The highest BCUT2D eigenvalue weighted by Gasteiger charge is 2.25. The Morgan fingerprint density at radius 3 is 2.72 bits per heavy atom. The molecular weight excluding hydrogens is 224 g/mol. The van der Waals surface area contributed by atoms with E-state index in [0.717, 1.165) is 31.2 Å². The average molecular weight is 250 g/mol. The molecule has 1 saturated heterocycles. The van der Waals surface area contributed by atoms with Crippen LogP contribution in [0.15, 0.2) is 16.5 Å². The molecule has 102 valence electrons. The molecule has 1 N–H and O–H groups in total. The molecule has 0 aromatic carbocycles. The third-order valence-electron chi connectivity index (χ3n) is 3.99. The van der Waals surface area contributed by atoms with Gasteiger partial charge in [-0.1, -0.05) is 13.8 Å². The maximum atomic E-state index is 5.77. The topological polar surface area (TPSA) is 28.4 Å². The van der Waals surface area contributed by atoms with Gasteiger partial charge in [0.05, 0.1) is 6.04 Å². The van der Waals surface area contributed by atoms with Gasteiger partial charge in [0.25, 0.3) is 0 Å². The molecule has 2 atom stereocenters. The lowest BCUT2D eigenvalue weighted by Gasteiger charge is -2.30. The summed E-state index contributed by atoms with van der Waals surface area (Å²) in [6.45, 7) is 12.2. The predicted octanol–water partition coefficient (Wildman–Crippen LogP) is 2.97. The number of nitrogens with one attached hydrogen (secondary N) is 1. The number of furan rings is 1. The van der Waals surface area contributed by atoms with E-state index in [2.05, 4.69) is 43.1 Å². The molecule has 0 amide bonds. The van der Waals surface area contributed by atoms with Crippen molar-refractivity contribution in [2.45, 2.75) is 46.2 Å². The summed E-state index contributed by atoms with van der Waals surface area (Å²) in [5.74, 6) is 2.78. The van der Waals surface area contributed by atoms with Gasteiger partial charge in [0.1, 0.15) is 11.5 Å². The first-order valence-electron chi connectivity index (χ1n) is 7.11. The largest absolute Gasteiger partial charge is 0.465 e. The Hall–Kier alpha value is -0.800. The van der Waals surface area contributed by atoms with Crippen molar-refractivity contribution in [2.75, 3.05) is 19.6 Å². The van der Waals surface area contributed by atoms with Crippen LogP contribution in [0.4, 0.5) is 0 Å². The van der Waals surface area contributed by atoms with Crippen molar-refractivity contribution in [3.8, 4) is 0 Å². The molecule has 0 saturated carbocycles. The summed E-state index contributed by atoms with van der Waals surface area (Å²) in [5.41, 5.74) is 0. The van der Waals surface area contributed by atoms with Crippen molar-refractivity contribution < 1.29 is 4.42 Å². The Morgan fingerprint density at radius 2 is 2.11 bits per heavy atom. The normalized spacial score (nSPS) is 24.2. The van der Waals surface area contributed by atoms with Crippen LogP contribution < -0.4 is 5.32 Å². The van der Waals surface area contributed by atoms with Crippen LogP contribution in [0.3, 0.4) is 0 Å². The summed E-state index contributed by atoms with van der Waals surface area (Å²) in [5, 5.41) is 3.65. The van der Waals surface area contributed by atoms with Crippen molar-refractivity contribution in [1.82, 2.24) is 10.2 Å². The van der Waals surface area contributed by atoms with Crippen LogP contribution in [0, 0.1) is 12.8 Å². The first-order chi connectivity index (χ1) is 8.58. The number of nitrogens with zero attached hydrogens (tertiary/aromatic N) is 1. The maximum absolute atomic E-state index is 5.77. The fraction of sp³-hybridized carbons (Fsp3) is 0.733. The van der Waals surface area contributed by atoms with Gasteiger partial charge < -0.3 is 9.73 Å². The van der Waals surface area contributed by atoms with Crippen LogP contribution in [0.25, 0.3) is 0 Å². The van der Waals surface area contributed by atoms with Gasteiger partial charge in [-0.3, -0.25) is 4.90 Å². The third kappa shape index (κ3) is 3.15. The molecule has 0 bridgehead atoms. The second-order valence-electron chi connectivity index (χ2n) is 5.78. The van der Waals surface area contributed by atoms with Gasteiger partial charge in [-0.05, 0) is 44.9 Å². The molecule has 1 aliphatic rings. The SMILES string of the molecule is Cc1ccc(C(C)N2CCCNC(C(C)C)C2)o1. The zero-order chi connectivity index (χ0) is 13.1. The molecular formula is C15H26N2O. The maximum Gasteiger partial charge on any atom is 0.121 e. The zero-order valence-electron chi connectivity index (χ0n) is 12.1. The summed E-state index contributed by atoms with van der Waals surface area (Å²) in [6, 6.07) is 5.13. The molecule has 0 radical (unpaired) electrons. The Balaban J connectivity index is 2.06. The molecule has 2 unspecified atom stereocenters. The van der Waals surface area contributed by atoms with Crippen molar-refractivity contribution in [3.05, 3.63) is 23.7 Å². The molecule has 2 rings (SSSR count). The molecule has 3 nitrogen and oxygen atoms in total. The summed E-state index contributed by atoms with van der Waals surface area (Å²) in [6.07, 6.45) is 1.22. The van der Waals surface area contributed by atoms with Crippen molar-refractivity contribution in [3.63, 3.8) is 0 Å². The highest BCUT2D eigenvalue weighted by molar-refractivity contribution is 5.09. The highest BCUT2D eigenvalue weighted by Crippen LogP contribution is 2.24. The van der Waals surface area contributed by atoms with E-state index in [1.165, 1.54) is 6.42 Å². The Labute approximate surface area is 111 Å². The molecule has 3 heteroatoms. The summed E-state index contributed by atoms with van der Waals surface area (Å²) >= 11 is 0. The van der Waals surface area contributed by atoms with E-state index in [-0.39, 0.29) is 0 Å². The predicted molar refractivity (Wildman–Crippen MR) is 74.7 cm³/mol. The van der Waals surface area contributed by atoms with E-state index in [1.807, 2.05) is 6.92 Å². The van der Waals surface area contributed by atoms with E-state index in [1.54, 1.807) is 0 Å². The minimum absolute atomic E-state index is 0.375. The summed E-state index contributed by atoms with van der Waals surface area (Å²) in [4.78, 5) is 2.54. The van der Waals surface area contributed by atoms with Crippen molar-refractivity contribution in [2.24, 2.45) is 5.92 Å². The number of hydrogen-bond donors (Lipinski definition) is 1. The smallest absolute Gasteiger partial charge is 0.121 e. The molecule has 1 aliphatic heterocycles. The Kier molecular flexibility index (Phi) is 4.46. The molecule has 0 spiro atoms. The van der Waals surface area contributed by atoms with Crippen LogP contribution >= 0.6 is 0 Å². The zero-order valence-corrected chi connectivity index (χ0v) is 12.1. The minimum Gasteiger partial charge on any atom is -0.465 e. The van der Waals surface area contributed by atoms with Crippen LogP contribution in [0.5, 0.6) is 0 Å². The monoisotopic (exact) mass is 250 g/mol. The lowest BCUT2D eigenvalue weighted by Crippen LogP contribution is -2.41. The van der Waals surface area contributed by atoms with Gasteiger partial charge in [0.15, 0.2) is 0 Å². The molecule has 18 heavy (non-hydrogen) atoms. The van der Waals surface area contributed by atoms with Crippen LogP contribution in [-0.4, -0.2) is 30.6 Å². The molecule has 1 fully saturated rings. The van der Waals surface area contributed by atoms with Gasteiger partial charge in [-0.15, -0.1) is 0 Å². The van der Waals surface area contributed by atoms with Crippen LogP contribution in [0.2, 0.25) is 0 Å². The first kappa shape index (κ1) is 13.6. The minimum atomic E-state index is 0.375. The molecule has 1 aromatic rings. The van der Waals surface area contributed by atoms with Crippen LogP contribution in [0.1, 0.15) is 44.8 Å². The van der Waals surface area contributed by atoms with E-state index in [9.17, 15) is 0 Å². The molecule has 1 aromatic heterocycles. The van der Waals surface area contributed by atoms with Gasteiger partial charge in [0, 0.05) is 19.1 Å². The Bertz CT molecular complexity index is 372. The first-order valence-corrected chi connectivity index (χ1v) is 7.11. The van der Waals surface area contributed by atoms with Gasteiger partial charge in [-0.25, -0.2) is 0 Å². The second kappa shape index (κ2) is 5.89. The standard InChI is InChI=1S/C15H26N2O/c1-11(2)14-10-17(9-5-8-16-14)13(4)15-7-6-12(3)18-15/h6-7,11,13-14,16H,5,8-10H2,1-4H3. The van der Waals surface area contributed by atoms with E-state index in [0.29, 0.717) is 18.0 Å². The average Bonchev–Trinajstić information content (AvgIpc) is 2.63. The van der Waals surface area contributed by atoms with E-state index >= 15 is 0 Å². The number of rotatable bonds is 3. The van der Waals surface area contributed by atoms with Crippen molar-refractivity contribution in [1.29, 1.82) is 0 Å². The lowest BCUT2D eigenvalue weighted by atomic mass is 10.0. The van der Waals surface area contributed by atoms with Crippen molar-refractivity contribution >= 4 is 0 Å². The van der Waals surface area contributed by atoms with Gasteiger partial charge in [-0.2, -0.15) is 0 Å². The quantitative estimate of drug-likeness (QED) is 0.894. The molecule has 2 heterocycles. The number of hydrogen-bond acceptors (Lipinski definition) is 3. The van der Waals surface area contributed by atoms with Gasteiger partial charge in [0.2, 0.25) is 0 Å². The fourth-order valence-corrected chi connectivity index (χ4v) is 2.63. The summed E-state index contributed by atoms with van der Waals surface area (Å²) < 4.78 is 5.77. The van der Waals surface area contributed by atoms with Crippen LogP contribution in [-0.2, 0) is 0 Å².